The lowest BCUT2D eigenvalue weighted by atomic mass is 9.91. The van der Waals surface area contributed by atoms with Gasteiger partial charge in [0, 0.05) is 29.6 Å². The highest BCUT2D eigenvalue weighted by molar-refractivity contribution is 5.96. The molecule has 0 unspecified atom stereocenters. The molecule has 7 heteroatoms. The van der Waals surface area contributed by atoms with E-state index in [1.54, 1.807) is 20.3 Å². The summed E-state index contributed by atoms with van der Waals surface area (Å²) in [7, 11) is 3.21. The molecule has 0 spiro atoms. The van der Waals surface area contributed by atoms with Crippen LogP contribution >= 0.6 is 0 Å². The molecule has 1 amide bonds. The minimum atomic E-state index is -0.403. The zero-order valence-corrected chi connectivity index (χ0v) is 21.4. The fourth-order valence-electron chi connectivity index (χ4n) is 4.99. The molecule has 0 aliphatic carbocycles. The van der Waals surface area contributed by atoms with Crippen LogP contribution in [0.4, 0.5) is 0 Å². The van der Waals surface area contributed by atoms with E-state index < -0.39 is 5.63 Å². The maximum atomic E-state index is 13.7. The molecule has 1 aliphatic rings. The minimum absolute atomic E-state index is 0.0488. The Bertz CT molecular complexity index is 1540. The normalized spacial score (nSPS) is 14.8. The molecule has 190 valence electrons. The van der Waals surface area contributed by atoms with Gasteiger partial charge in [-0.3, -0.25) is 4.79 Å². The molecule has 0 fully saturated rings. The number of hydrogen-bond acceptors (Lipinski definition) is 6. The molecule has 0 saturated heterocycles. The second-order valence-corrected chi connectivity index (χ2v) is 9.20. The molecule has 5 rings (SSSR count). The Morgan fingerprint density at radius 1 is 0.973 bits per heavy atom. The van der Waals surface area contributed by atoms with Gasteiger partial charge in [-0.1, -0.05) is 18.2 Å². The first kappa shape index (κ1) is 24.4. The van der Waals surface area contributed by atoms with Gasteiger partial charge in [-0.05, 0) is 72.9 Å². The number of ether oxygens (including phenoxy) is 3. The fourth-order valence-corrected chi connectivity index (χ4v) is 4.99. The van der Waals surface area contributed by atoms with Crippen LogP contribution in [0.15, 0.2) is 69.9 Å². The van der Waals surface area contributed by atoms with Gasteiger partial charge in [0.15, 0.2) is 11.5 Å². The van der Waals surface area contributed by atoms with Gasteiger partial charge < -0.3 is 23.5 Å². The molecule has 2 heterocycles. The second kappa shape index (κ2) is 10.0. The van der Waals surface area contributed by atoms with Crippen molar-refractivity contribution in [2.75, 3.05) is 27.4 Å². The molecule has 3 aromatic carbocycles. The predicted molar refractivity (Wildman–Crippen MR) is 141 cm³/mol. The molecule has 1 aromatic heterocycles. The smallest absolute Gasteiger partial charge is 0.336 e. The molecule has 1 atom stereocenters. The molecule has 7 nitrogen and oxygen atoms in total. The number of carbonyl (C=O) groups excluding carboxylic acids is 1. The van der Waals surface area contributed by atoms with Crippen molar-refractivity contribution >= 4 is 16.9 Å². The average molecular weight is 500 g/mol. The molecule has 37 heavy (non-hydrogen) atoms. The average Bonchev–Trinajstić information content (AvgIpc) is 2.90. The third kappa shape index (κ3) is 4.65. The molecule has 0 radical (unpaired) electrons. The van der Waals surface area contributed by atoms with Gasteiger partial charge in [0.25, 0.3) is 5.91 Å². The van der Waals surface area contributed by atoms with Crippen LogP contribution < -0.4 is 19.8 Å². The van der Waals surface area contributed by atoms with Gasteiger partial charge >= 0.3 is 5.63 Å². The summed E-state index contributed by atoms with van der Waals surface area (Å²) in [5, 5.41) is 0.850. The summed E-state index contributed by atoms with van der Waals surface area (Å²) in [6.07, 6.45) is 0.685. The lowest BCUT2D eigenvalue weighted by Crippen LogP contribution is -2.42. The standard InChI is InChI=1S/C30H29NO6/c1-18-7-5-6-8-23(18)30(33)31-12-11-20-14-27(34-3)28(35-4)16-24(20)25(31)17-36-21-9-10-22-19(2)13-29(32)37-26(22)15-21/h5-10,13-16,25H,11-12,17H2,1-4H3/t25-/m1/s1. The molecular weight excluding hydrogens is 470 g/mol. The summed E-state index contributed by atoms with van der Waals surface area (Å²) in [6.45, 7) is 4.56. The number of aryl methyl sites for hydroxylation is 2. The van der Waals surface area contributed by atoms with E-state index in [1.807, 2.05) is 67.3 Å². The van der Waals surface area contributed by atoms with Crippen molar-refractivity contribution in [2.24, 2.45) is 0 Å². The quantitative estimate of drug-likeness (QED) is 0.338. The van der Waals surface area contributed by atoms with Crippen LogP contribution in [0.2, 0.25) is 0 Å². The molecule has 0 saturated carbocycles. The topological polar surface area (TPSA) is 78.2 Å². The molecule has 4 aromatic rings. The van der Waals surface area contributed by atoms with Gasteiger partial charge in [0.1, 0.15) is 17.9 Å². The third-order valence-electron chi connectivity index (χ3n) is 6.97. The summed E-state index contributed by atoms with van der Waals surface area (Å²) in [5.41, 5.74) is 4.53. The van der Waals surface area contributed by atoms with Crippen molar-refractivity contribution in [2.45, 2.75) is 26.3 Å². The van der Waals surface area contributed by atoms with Crippen molar-refractivity contribution in [3.8, 4) is 17.2 Å². The first-order valence-corrected chi connectivity index (χ1v) is 12.2. The Labute approximate surface area is 215 Å². The zero-order chi connectivity index (χ0) is 26.1. The van der Waals surface area contributed by atoms with E-state index in [4.69, 9.17) is 18.6 Å². The van der Waals surface area contributed by atoms with Crippen LogP contribution in [0.3, 0.4) is 0 Å². The van der Waals surface area contributed by atoms with Gasteiger partial charge in [-0.25, -0.2) is 4.79 Å². The summed E-state index contributed by atoms with van der Waals surface area (Å²) >= 11 is 0. The Morgan fingerprint density at radius 3 is 2.49 bits per heavy atom. The van der Waals surface area contributed by atoms with E-state index >= 15 is 0 Å². The highest BCUT2D eigenvalue weighted by Crippen LogP contribution is 2.39. The summed E-state index contributed by atoms with van der Waals surface area (Å²) in [5.74, 6) is 1.75. The lowest BCUT2D eigenvalue weighted by Gasteiger charge is -2.38. The molecular formula is C30H29NO6. The summed E-state index contributed by atoms with van der Waals surface area (Å²) in [4.78, 5) is 27.5. The Morgan fingerprint density at radius 2 is 1.73 bits per heavy atom. The number of benzene rings is 3. The molecule has 0 bridgehead atoms. The predicted octanol–water partition coefficient (Wildman–Crippen LogP) is 5.25. The number of rotatable bonds is 6. The van der Waals surface area contributed by atoms with Gasteiger partial charge in [-0.15, -0.1) is 0 Å². The van der Waals surface area contributed by atoms with Crippen LogP contribution in [-0.2, 0) is 6.42 Å². The number of nitrogens with zero attached hydrogens (tertiary/aromatic N) is 1. The number of fused-ring (bicyclic) bond motifs is 2. The first-order chi connectivity index (χ1) is 17.9. The summed E-state index contributed by atoms with van der Waals surface area (Å²) in [6, 6.07) is 18.1. The van der Waals surface area contributed by atoms with Crippen LogP contribution in [-0.4, -0.2) is 38.2 Å². The molecule has 1 aliphatic heterocycles. The van der Waals surface area contributed by atoms with E-state index in [1.165, 1.54) is 6.07 Å². The maximum Gasteiger partial charge on any atom is 0.336 e. The number of amides is 1. The first-order valence-electron chi connectivity index (χ1n) is 12.2. The van der Waals surface area contributed by atoms with E-state index in [0.717, 1.165) is 27.6 Å². The van der Waals surface area contributed by atoms with Crippen molar-refractivity contribution in [1.29, 1.82) is 0 Å². The second-order valence-electron chi connectivity index (χ2n) is 9.20. The van der Waals surface area contributed by atoms with E-state index in [9.17, 15) is 9.59 Å². The largest absolute Gasteiger partial charge is 0.493 e. The fraction of sp³-hybridized carbons (Fsp3) is 0.267. The van der Waals surface area contributed by atoms with Gasteiger partial charge in [-0.2, -0.15) is 0 Å². The number of hydrogen-bond donors (Lipinski definition) is 0. The van der Waals surface area contributed by atoms with E-state index in [0.29, 0.717) is 41.4 Å². The highest BCUT2D eigenvalue weighted by Gasteiger charge is 2.34. The van der Waals surface area contributed by atoms with Crippen LogP contribution in [0.25, 0.3) is 11.0 Å². The third-order valence-corrected chi connectivity index (χ3v) is 6.97. The Balaban J connectivity index is 1.53. The molecule has 0 N–H and O–H groups in total. The lowest BCUT2D eigenvalue weighted by molar-refractivity contribution is 0.0588. The van der Waals surface area contributed by atoms with Gasteiger partial charge in [0.05, 0.1) is 20.3 Å². The van der Waals surface area contributed by atoms with E-state index in [-0.39, 0.29) is 18.6 Å². The van der Waals surface area contributed by atoms with Crippen molar-refractivity contribution in [3.63, 3.8) is 0 Å². The highest BCUT2D eigenvalue weighted by atomic mass is 16.5. The monoisotopic (exact) mass is 499 g/mol. The SMILES string of the molecule is COc1cc2c(cc1OC)[C@@H](COc1ccc3c(C)cc(=O)oc3c1)N(C(=O)c1ccccc1C)CC2. The van der Waals surface area contributed by atoms with Crippen molar-refractivity contribution in [1.82, 2.24) is 4.90 Å². The Hall–Kier alpha value is -4.26. The number of methoxy groups -OCH3 is 2. The van der Waals surface area contributed by atoms with Gasteiger partial charge in [0.2, 0.25) is 0 Å². The van der Waals surface area contributed by atoms with Crippen LogP contribution in [0.1, 0.15) is 38.7 Å². The van der Waals surface area contributed by atoms with E-state index in [2.05, 4.69) is 0 Å². The maximum absolute atomic E-state index is 13.7. The van der Waals surface area contributed by atoms with Crippen LogP contribution in [0, 0.1) is 13.8 Å². The van der Waals surface area contributed by atoms with Crippen molar-refractivity contribution < 1.29 is 23.4 Å². The van der Waals surface area contributed by atoms with Crippen LogP contribution in [0.5, 0.6) is 17.2 Å². The Kier molecular flexibility index (Phi) is 6.61. The number of carbonyl (C=O) groups is 1. The summed E-state index contributed by atoms with van der Waals surface area (Å²) < 4.78 is 22.7. The zero-order valence-electron chi connectivity index (χ0n) is 21.4. The minimum Gasteiger partial charge on any atom is -0.493 e. The van der Waals surface area contributed by atoms with Crippen molar-refractivity contribution in [3.05, 3.63) is 98.9 Å².